The summed E-state index contributed by atoms with van der Waals surface area (Å²) in [6.45, 7) is 19.5. The molecule has 0 fully saturated rings. The van der Waals surface area contributed by atoms with Crippen molar-refractivity contribution in [1.29, 1.82) is 0 Å². The van der Waals surface area contributed by atoms with Crippen LogP contribution in [0.3, 0.4) is 0 Å². The Morgan fingerprint density at radius 1 is 0.756 bits per heavy atom. The van der Waals surface area contributed by atoms with Crippen molar-refractivity contribution in [2.24, 2.45) is 23.7 Å². The van der Waals surface area contributed by atoms with E-state index >= 15 is 0 Å². The van der Waals surface area contributed by atoms with Crippen molar-refractivity contribution >= 4 is 11.9 Å². The number of rotatable bonds is 16. The fourth-order valence-corrected chi connectivity index (χ4v) is 5.94. The van der Waals surface area contributed by atoms with E-state index in [1.807, 2.05) is 13.8 Å². The van der Waals surface area contributed by atoms with Gasteiger partial charge in [0.2, 0.25) is 0 Å². The van der Waals surface area contributed by atoms with Gasteiger partial charge in [0.25, 0.3) is 0 Å². The molecule has 0 radical (unpaired) electrons. The Morgan fingerprint density at radius 3 is 1.73 bits per heavy atom. The summed E-state index contributed by atoms with van der Waals surface area (Å²) >= 11 is 0. The van der Waals surface area contributed by atoms with Crippen LogP contribution in [-0.4, -0.2) is 32.9 Å². The Kier molecular flexibility index (Phi) is 15.8. The third-order valence-electron chi connectivity index (χ3n) is 8.91. The molecule has 3 N–H and O–H groups in total. The molecule has 0 aliphatic carbocycles. The number of carbonyl (C=O) groups is 2. The van der Waals surface area contributed by atoms with Crippen LogP contribution in [0.15, 0.2) is 0 Å². The van der Waals surface area contributed by atoms with Gasteiger partial charge in [-0.25, -0.2) is 0 Å². The van der Waals surface area contributed by atoms with Crippen LogP contribution in [0.5, 0.6) is 11.5 Å². The Bertz CT molecular complexity index is 952. The van der Waals surface area contributed by atoms with Crippen molar-refractivity contribution in [3.63, 3.8) is 0 Å². The van der Waals surface area contributed by atoms with Crippen molar-refractivity contribution in [3.05, 3.63) is 22.3 Å². The van der Waals surface area contributed by atoms with Crippen LogP contribution in [0.2, 0.25) is 0 Å². The summed E-state index contributed by atoms with van der Waals surface area (Å²) in [4.78, 5) is 20.0. The molecule has 236 valence electrons. The van der Waals surface area contributed by atoms with E-state index in [2.05, 4.69) is 41.5 Å². The number of aliphatic carboxylic acids is 2. The summed E-state index contributed by atoms with van der Waals surface area (Å²) in [6.07, 6.45) is 13.9. The van der Waals surface area contributed by atoms with E-state index in [9.17, 15) is 14.7 Å². The Morgan fingerprint density at radius 2 is 1.24 bits per heavy atom. The van der Waals surface area contributed by atoms with Crippen molar-refractivity contribution < 1.29 is 29.6 Å². The van der Waals surface area contributed by atoms with Crippen molar-refractivity contribution in [1.82, 2.24) is 0 Å². The number of carboxylic acid groups (broad SMARTS) is 2. The van der Waals surface area contributed by atoms with Gasteiger partial charge in [0.05, 0.1) is 0 Å². The maximum absolute atomic E-state index is 10.4. The van der Waals surface area contributed by atoms with Gasteiger partial charge < -0.3 is 20.1 Å². The van der Waals surface area contributed by atoms with Gasteiger partial charge in [0.15, 0.2) is 0 Å². The second kappa shape index (κ2) is 17.7. The number of benzene rings is 1. The summed E-state index contributed by atoms with van der Waals surface area (Å²) in [5, 5.41) is 26.8. The minimum atomic E-state index is -0.950. The molecule has 1 aliphatic heterocycles. The maximum atomic E-state index is 10.4. The van der Waals surface area contributed by atoms with Crippen LogP contribution in [0.1, 0.15) is 141 Å². The third kappa shape index (κ3) is 13.5. The molecule has 2 rings (SSSR count). The van der Waals surface area contributed by atoms with E-state index in [1.165, 1.54) is 56.9 Å². The summed E-state index contributed by atoms with van der Waals surface area (Å²) in [6, 6.07) is 0. The number of ether oxygens (including phenoxy) is 1. The number of carboxylic acids is 2. The molecule has 6 nitrogen and oxygen atoms in total. The fraction of sp³-hybridized carbons (Fsp3) is 0.771. The van der Waals surface area contributed by atoms with Gasteiger partial charge in [-0.3, -0.25) is 9.59 Å². The minimum Gasteiger partial charge on any atom is -0.507 e. The van der Waals surface area contributed by atoms with Crippen LogP contribution in [0, 0.1) is 44.4 Å². The standard InChI is InChI=1S/C29H50O2.C6H10O4/c1-20(2)12-9-13-21(3)14-10-15-22(4)16-11-18-29(8)19-17-26-25(7)27(30)23(5)24(6)28(26)31-29;1-4(2-5(7)8)3-6(9)10/h20-22,30H,9-19H2,1-8H3;4H,2-3H2,1H3,(H,7,8)(H,9,10)/t21-,22-,29-;/m1./s1. The highest BCUT2D eigenvalue weighted by molar-refractivity contribution is 5.70. The number of hydrogen-bond donors (Lipinski definition) is 3. The molecule has 6 heteroatoms. The van der Waals surface area contributed by atoms with E-state index in [1.54, 1.807) is 6.92 Å². The predicted molar refractivity (Wildman–Crippen MR) is 168 cm³/mol. The van der Waals surface area contributed by atoms with E-state index in [-0.39, 0.29) is 24.4 Å². The second-order valence-electron chi connectivity index (χ2n) is 13.7. The molecule has 1 aliphatic rings. The van der Waals surface area contributed by atoms with Crippen LogP contribution in [0.4, 0.5) is 0 Å². The molecule has 0 unspecified atom stereocenters. The molecule has 1 aromatic rings. The first-order valence-corrected chi connectivity index (χ1v) is 16.0. The summed E-state index contributed by atoms with van der Waals surface area (Å²) in [7, 11) is 0. The first-order valence-electron chi connectivity index (χ1n) is 16.0. The normalized spacial score (nSPS) is 17.8. The highest BCUT2D eigenvalue weighted by Gasteiger charge is 2.34. The summed E-state index contributed by atoms with van der Waals surface area (Å²) in [5.41, 5.74) is 4.23. The quantitative estimate of drug-likeness (QED) is 0.181. The van der Waals surface area contributed by atoms with E-state index in [0.29, 0.717) is 5.75 Å². The van der Waals surface area contributed by atoms with Gasteiger partial charge >= 0.3 is 11.9 Å². The molecule has 1 heterocycles. The number of hydrogen-bond acceptors (Lipinski definition) is 4. The Labute approximate surface area is 250 Å². The molecule has 0 spiro atoms. The smallest absolute Gasteiger partial charge is 0.303 e. The monoisotopic (exact) mass is 576 g/mol. The zero-order chi connectivity index (χ0) is 31.3. The third-order valence-corrected chi connectivity index (χ3v) is 8.91. The van der Waals surface area contributed by atoms with Crippen molar-refractivity contribution in [2.45, 2.75) is 151 Å². The lowest BCUT2D eigenvalue weighted by Gasteiger charge is -2.38. The zero-order valence-corrected chi connectivity index (χ0v) is 27.6. The first kappa shape index (κ1) is 36.8. The Hall–Kier alpha value is -2.24. The van der Waals surface area contributed by atoms with Gasteiger partial charge in [0.1, 0.15) is 17.1 Å². The molecule has 0 bridgehead atoms. The van der Waals surface area contributed by atoms with E-state index in [4.69, 9.17) is 14.9 Å². The summed E-state index contributed by atoms with van der Waals surface area (Å²) in [5.74, 6) is 1.85. The van der Waals surface area contributed by atoms with Gasteiger partial charge in [-0.15, -0.1) is 0 Å². The highest BCUT2D eigenvalue weighted by Crippen LogP contribution is 2.44. The molecule has 0 saturated heterocycles. The SMILES string of the molecule is CC(CC(=O)O)CC(=O)O.Cc1c(C)c2c(c(C)c1O)CC[C@@](C)(CCC[C@H](C)CCC[C@H](C)CCCC(C)C)O2. The molecule has 1 aromatic carbocycles. The van der Waals surface area contributed by atoms with E-state index < -0.39 is 11.9 Å². The van der Waals surface area contributed by atoms with Crippen LogP contribution >= 0.6 is 0 Å². The average molecular weight is 577 g/mol. The average Bonchev–Trinajstić information content (AvgIpc) is 2.85. The van der Waals surface area contributed by atoms with E-state index in [0.717, 1.165) is 59.5 Å². The minimum absolute atomic E-state index is 0.0712. The van der Waals surface area contributed by atoms with Crippen LogP contribution in [0.25, 0.3) is 0 Å². The van der Waals surface area contributed by atoms with Gasteiger partial charge in [0, 0.05) is 18.4 Å². The maximum Gasteiger partial charge on any atom is 0.303 e. The topological polar surface area (TPSA) is 104 Å². The lowest BCUT2D eigenvalue weighted by molar-refractivity contribution is -0.140. The molecular weight excluding hydrogens is 516 g/mol. The van der Waals surface area contributed by atoms with Crippen LogP contribution < -0.4 is 4.74 Å². The predicted octanol–water partition coefficient (Wildman–Crippen LogP) is 9.41. The molecule has 3 atom stereocenters. The van der Waals surface area contributed by atoms with Crippen molar-refractivity contribution in [3.8, 4) is 11.5 Å². The van der Waals surface area contributed by atoms with Crippen LogP contribution in [-0.2, 0) is 16.0 Å². The molecular formula is C35H60O6. The van der Waals surface area contributed by atoms with Gasteiger partial charge in [-0.2, -0.15) is 0 Å². The first-order chi connectivity index (χ1) is 19.1. The fourth-order valence-electron chi connectivity index (χ4n) is 5.94. The number of fused-ring (bicyclic) bond motifs is 1. The van der Waals surface area contributed by atoms with Gasteiger partial charge in [-0.05, 0) is 93.7 Å². The lowest BCUT2D eigenvalue weighted by Crippen LogP contribution is -2.37. The van der Waals surface area contributed by atoms with Gasteiger partial charge in [-0.1, -0.05) is 79.6 Å². The summed E-state index contributed by atoms with van der Waals surface area (Å²) < 4.78 is 6.60. The molecule has 41 heavy (non-hydrogen) atoms. The van der Waals surface area contributed by atoms with Crippen molar-refractivity contribution in [2.75, 3.05) is 0 Å². The largest absolute Gasteiger partial charge is 0.507 e. The number of phenols is 1. The molecule has 0 aromatic heterocycles. The molecule has 0 amide bonds. The second-order valence-corrected chi connectivity index (χ2v) is 13.7. The molecule has 0 saturated carbocycles. The highest BCUT2D eigenvalue weighted by atomic mass is 16.5. The zero-order valence-electron chi connectivity index (χ0n) is 27.6. The Balaban J connectivity index is 0.000000716. The lowest BCUT2D eigenvalue weighted by atomic mass is 9.84. The number of aromatic hydroxyl groups is 1. The number of phenolic OH excluding ortho intramolecular Hbond substituents is 1.